The van der Waals surface area contributed by atoms with E-state index in [0.29, 0.717) is 11.8 Å². The Morgan fingerprint density at radius 2 is 2.12 bits per heavy atom. The van der Waals surface area contributed by atoms with E-state index in [1.54, 1.807) is 4.68 Å². The van der Waals surface area contributed by atoms with Crippen molar-refractivity contribution in [1.29, 1.82) is 0 Å². The molecule has 0 aromatic carbocycles. The molecule has 1 aliphatic carbocycles. The lowest BCUT2D eigenvalue weighted by Gasteiger charge is -2.33. The van der Waals surface area contributed by atoms with Crippen LogP contribution in [-0.2, 0) is 11.3 Å². The highest BCUT2D eigenvalue weighted by molar-refractivity contribution is 5.76. The summed E-state index contributed by atoms with van der Waals surface area (Å²) in [4.78, 5) is 19.3. The molecule has 128 valence electrons. The summed E-state index contributed by atoms with van der Waals surface area (Å²) in [6, 6.07) is 1.89. The van der Waals surface area contributed by atoms with Crippen LogP contribution in [-0.4, -0.2) is 37.3 Å². The Balaban J connectivity index is 1.52. The SMILES string of the molecule is Cc1cc(C)n(CC(=O)N2CCCCC2c2nc(C3CC3)no2)n1. The zero-order valence-corrected chi connectivity index (χ0v) is 14.2. The van der Waals surface area contributed by atoms with Gasteiger partial charge in [-0.05, 0) is 52.0 Å². The number of likely N-dealkylation sites (tertiary alicyclic amines) is 1. The maximum absolute atomic E-state index is 12.8. The molecule has 0 spiro atoms. The molecule has 2 fully saturated rings. The van der Waals surface area contributed by atoms with Gasteiger partial charge in [-0.15, -0.1) is 0 Å². The maximum atomic E-state index is 12.8. The Morgan fingerprint density at radius 1 is 1.29 bits per heavy atom. The summed E-state index contributed by atoms with van der Waals surface area (Å²) in [5.41, 5.74) is 1.93. The van der Waals surface area contributed by atoms with Gasteiger partial charge in [0.25, 0.3) is 0 Å². The normalized spacial score (nSPS) is 21.2. The Labute approximate surface area is 141 Å². The van der Waals surface area contributed by atoms with Crippen molar-refractivity contribution in [3.05, 3.63) is 29.2 Å². The second-order valence-electron chi connectivity index (χ2n) is 6.95. The molecule has 2 aromatic heterocycles. The summed E-state index contributed by atoms with van der Waals surface area (Å²) in [5, 5.41) is 8.50. The van der Waals surface area contributed by atoms with E-state index in [4.69, 9.17) is 4.52 Å². The second kappa shape index (κ2) is 6.03. The topological polar surface area (TPSA) is 77.0 Å². The van der Waals surface area contributed by atoms with Gasteiger partial charge in [-0.25, -0.2) is 0 Å². The number of rotatable bonds is 4. The number of hydrogen-bond acceptors (Lipinski definition) is 5. The molecule has 7 heteroatoms. The zero-order valence-electron chi connectivity index (χ0n) is 14.2. The molecule has 1 amide bonds. The number of amides is 1. The van der Waals surface area contributed by atoms with E-state index in [2.05, 4.69) is 15.2 Å². The third-order valence-electron chi connectivity index (χ3n) is 4.90. The van der Waals surface area contributed by atoms with Gasteiger partial charge in [-0.1, -0.05) is 5.16 Å². The molecule has 3 heterocycles. The summed E-state index contributed by atoms with van der Waals surface area (Å²) >= 11 is 0. The lowest BCUT2D eigenvalue weighted by molar-refractivity contribution is -0.136. The Morgan fingerprint density at radius 3 is 2.83 bits per heavy atom. The van der Waals surface area contributed by atoms with E-state index in [1.807, 2.05) is 24.8 Å². The molecule has 1 aliphatic heterocycles. The van der Waals surface area contributed by atoms with Crippen molar-refractivity contribution in [2.75, 3.05) is 6.54 Å². The first-order valence-corrected chi connectivity index (χ1v) is 8.76. The number of carbonyl (C=O) groups is 1. The van der Waals surface area contributed by atoms with Gasteiger partial charge < -0.3 is 9.42 Å². The molecule has 0 radical (unpaired) electrons. The Bertz CT molecular complexity index is 746. The molecule has 2 aliphatic rings. The van der Waals surface area contributed by atoms with Crippen LogP contribution in [0.25, 0.3) is 0 Å². The molecule has 1 saturated heterocycles. The predicted molar refractivity (Wildman–Crippen MR) is 86.3 cm³/mol. The number of hydrogen-bond donors (Lipinski definition) is 0. The highest BCUT2D eigenvalue weighted by Gasteiger charge is 2.35. The first-order chi connectivity index (χ1) is 11.6. The summed E-state index contributed by atoms with van der Waals surface area (Å²) in [5.74, 6) is 1.93. The minimum atomic E-state index is -0.0942. The first-order valence-electron chi connectivity index (χ1n) is 8.76. The fourth-order valence-electron chi connectivity index (χ4n) is 3.43. The van der Waals surface area contributed by atoms with Crippen LogP contribution in [0.1, 0.15) is 67.2 Å². The van der Waals surface area contributed by atoms with Crippen LogP contribution < -0.4 is 0 Å². The molecule has 7 nitrogen and oxygen atoms in total. The number of carbonyl (C=O) groups excluding carboxylic acids is 1. The van der Waals surface area contributed by atoms with E-state index in [-0.39, 0.29) is 18.5 Å². The van der Waals surface area contributed by atoms with Crippen molar-refractivity contribution in [2.45, 2.75) is 64.5 Å². The zero-order chi connectivity index (χ0) is 16.7. The number of aryl methyl sites for hydroxylation is 2. The van der Waals surface area contributed by atoms with E-state index in [1.165, 1.54) is 0 Å². The van der Waals surface area contributed by atoms with Gasteiger partial charge in [0.05, 0.1) is 5.69 Å². The van der Waals surface area contributed by atoms with Crippen LogP contribution >= 0.6 is 0 Å². The van der Waals surface area contributed by atoms with Gasteiger partial charge in [0.15, 0.2) is 5.82 Å². The second-order valence-corrected chi connectivity index (χ2v) is 6.95. The van der Waals surface area contributed by atoms with Crippen molar-refractivity contribution in [3.8, 4) is 0 Å². The van der Waals surface area contributed by atoms with Gasteiger partial charge in [0.1, 0.15) is 12.6 Å². The molecule has 4 rings (SSSR count). The van der Waals surface area contributed by atoms with E-state index >= 15 is 0 Å². The third-order valence-corrected chi connectivity index (χ3v) is 4.90. The summed E-state index contributed by atoms with van der Waals surface area (Å²) in [6.45, 7) is 4.92. The highest BCUT2D eigenvalue weighted by Crippen LogP contribution is 2.39. The van der Waals surface area contributed by atoms with Gasteiger partial charge in [-0.3, -0.25) is 9.48 Å². The first kappa shape index (κ1) is 15.4. The van der Waals surface area contributed by atoms with Crippen molar-refractivity contribution in [1.82, 2.24) is 24.8 Å². The monoisotopic (exact) mass is 329 g/mol. The van der Waals surface area contributed by atoms with Crippen LogP contribution in [0.4, 0.5) is 0 Å². The molecule has 2 aromatic rings. The lowest BCUT2D eigenvalue weighted by atomic mass is 10.0. The van der Waals surface area contributed by atoms with Crippen LogP contribution in [0.15, 0.2) is 10.6 Å². The smallest absolute Gasteiger partial charge is 0.249 e. The van der Waals surface area contributed by atoms with Crippen LogP contribution in [0.3, 0.4) is 0 Å². The third kappa shape index (κ3) is 2.95. The predicted octanol–water partition coefficient (Wildman–Crippen LogP) is 2.51. The lowest BCUT2D eigenvalue weighted by Crippen LogP contribution is -2.40. The average Bonchev–Trinajstić information content (AvgIpc) is 3.22. The molecular weight excluding hydrogens is 306 g/mol. The molecular formula is C17H23N5O2. The maximum Gasteiger partial charge on any atom is 0.249 e. The summed E-state index contributed by atoms with van der Waals surface area (Å²) in [7, 11) is 0. The molecule has 24 heavy (non-hydrogen) atoms. The standard InChI is InChI=1S/C17H23N5O2/c1-11-9-12(2)22(19-11)10-15(23)21-8-4-3-5-14(21)17-18-16(20-24-17)13-6-7-13/h9,13-14H,3-8,10H2,1-2H3. The van der Waals surface area contributed by atoms with Crippen molar-refractivity contribution in [3.63, 3.8) is 0 Å². The fraction of sp³-hybridized carbons (Fsp3) is 0.647. The van der Waals surface area contributed by atoms with Gasteiger partial charge in [-0.2, -0.15) is 10.1 Å². The average molecular weight is 329 g/mol. The number of piperidine rings is 1. The molecule has 1 saturated carbocycles. The van der Waals surface area contributed by atoms with Crippen molar-refractivity contribution < 1.29 is 9.32 Å². The van der Waals surface area contributed by atoms with Crippen LogP contribution in [0.5, 0.6) is 0 Å². The highest BCUT2D eigenvalue weighted by atomic mass is 16.5. The molecule has 1 atom stereocenters. The quantitative estimate of drug-likeness (QED) is 0.861. The summed E-state index contributed by atoms with van der Waals surface area (Å²) < 4.78 is 7.26. The molecule has 0 bridgehead atoms. The largest absolute Gasteiger partial charge is 0.337 e. The minimum absolute atomic E-state index is 0.0667. The minimum Gasteiger partial charge on any atom is -0.337 e. The fourth-order valence-corrected chi connectivity index (χ4v) is 3.43. The van der Waals surface area contributed by atoms with E-state index < -0.39 is 0 Å². The van der Waals surface area contributed by atoms with E-state index in [0.717, 1.165) is 55.9 Å². The number of aromatic nitrogens is 4. The van der Waals surface area contributed by atoms with Crippen molar-refractivity contribution >= 4 is 5.91 Å². The molecule has 1 unspecified atom stereocenters. The van der Waals surface area contributed by atoms with Crippen molar-refractivity contribution in [2.24, 2.45) is 0 Å². The van der Waals surface area contributed by atoms with Gasteiger partial charge in [0.2, 0.25) is 11.8 Å². The Hall–Kier alpha value is -2.18. The van der Waals surface area contributed by atoms with Crippen LogP contribution in [0.2, 0.25) is 0 Å². The van der Waals surface area contributed by atoms with E-state index in [9.17, 15) is 4.79 Å². The number of nitrogens with zero attached hydrogens (tertiary/aromatic N) is 5. The van der Waals surface area contributed by atoms with Gasteiger partial charge >= 0.3 is 0 Å². The molecule has 0 N–H and O–H groups in total. The van der Waals surface area contributed by atoms with Gasteiger partial charge in [0, 0.05) is 18.2 Å². The summed E-state index contributed by atoms with van der Waals surface area (Å²) in [6.07, 6.45) is 5.27. The Kier molecular flexibility index (Phi) is 3.86. The van der Waals surface area contributed by atoms with Crippen LogP contribution in [0, 0.1) is 13.8 Å².